The zero-order valence-electron chi connectivity index (χ0n) is 11.1. The largest absolute Gasteiger partial charge is 0.395 e. The molecule has 6 N–H and O–H groups in total. The van der Waals surface area contributed by atoms with Crippen LogP contribution in [0.3, 0.4) is 0 Å². The van der Waals surface area contributed by atoms with Gasteiger partial charge in [-0.05, 0) is 26.7 Å². The van der Waals surface area contributed by atoms with Crippen LogP contribution >= 0.6 is 0 Å². The van der Waals surface area contributed by atoms with Gasteiger partial charge in [-0.1, -0.05) is 0 Å². The molecule has 1 fully saturated rings. The minimum absolute atomic E-state index is 0.0541. The summed E-state index contributed by atoms with van der Waals surface area (Å²) in [5.41, 5.74) is 11.7. The predicted octanol–water partition coefficient (Wildman–Crippen LogP) is 0.253. The highest BCUT2D eigenvalue weighted by Crippen LogP contribution is 2.42. The van der Waals surface area contributed by atoms with E-state index >= 15 is 0 Å². The molecule has 1 heterocycles. The summed E-state index contributed by atoms with van der Waals surface area (Å²) in [6, 6.07) is 0. The molecule has 104 valence electrons. The molecule has 7 heteroatoms. The molecule has 1 aromatic rings. The second kappa shape index (κ2) is 4.56. The highest BCUT2D eigenvalue weighted by atomic mass is 16.2. The lowest BCUT2D eigenvalue weighted by Crippen LogP contribution is -2.46. The molecule has 1 aromatic heterocycles. The van der Waals surface area contributed by atoms with Crippen LogP contribution in [0, 0.1) is 0 Å². The van der Waals surface area contributed by atoms with Crippen molar-refractivity contribution in [2.24, 2.45) is 5.73 Å². The van der Waals surface area contributed by atoms with Crippen LogP contribution in [0.5, 0.6) is 0 Å². The van der Waals surface area contributed by atoms with E-state index in [1.54, 1.807) is 13.8 Å². The van der Waals surface area contributed by atoms with E-state index in [4.69, 9.17) is 11.5 Å². The lowest BCUT2D eigenvalue weighted by molar-refractivity contribution is -0.119. The molecule has 0 unspecified atom stereocenters. The van der Waals surface area contributed by atoms with Gasteiger partial charge in [0.1, 0.15) is 0 Å². The van der Waals surface area contributed by atoms with Crippen molar-refractivity contribution in [3.8, 4) is 0 Å². The third-order valence-corrected chi connectivity index (χ3v) is 3.10. The van der Waals surface area contributed by atoms with Gasteiger partial charge in [0.2, 0.25) is 5.91 Å². The molecule has 0 saturated heterocycles. The quantitative estimate of drug-likeness (QED) is 0.608. The number of primary amides is 1. The van der Waals surface area contributed by atoms with Crippen LogP contribution < -0.4 is 16.8 Å². The number of hydrogen-bond donors (Lipinski definition) is 4. The molecule has 19 heavy (non-hydrogen) atoms. The summed E-state index contributed by atoms with van der Waals surface area (Å²) >= 11 is 0. The van der Waals surface area contributed by atoms with Crippen LogP contribution in [0.25, 0.3) is 0 Å². The fourth-order valence-corrected chi connectivity index (χ4v) is 2.07. The van der Waals surface area contributed by atoms with Gasteiger partial charge in [0.05, 0.1) is 11.4 Å². The maximum absolute atomic E-state index is 12.1. The van der Waals surface area contributed by atoms with Crippen LogP contribution in [-0.4, -0.2) is 27.6 Å². The molecule has 1 aliphatic carbocycles. The topological polar surface area (TPSA) is 127 Å². The van der Waals surface area contributed by atoms with E-state index < -0.39 is 17.4 Å². The average Bonchev–Trinajstić information content (AvgIpc) is 2.99. The summed E-state index contributed by atoms with van der Waals surface area (Å²) in [6.07, 6.45) is 2.19. The van der Waals surface area contributed by atoms with Gasteiger partial charge in [0, 0.05) is 17.9 Å². The van der Waals surface area contributed by atoms with Crippen molar-refractivity contribution in [2.45, 2.75) is 44.6 Å². The molecule has 0 aliphatic heterocycles. The molecular weight excluding hydrogens is 246 g/mol. The summed E-state index contributed by atoms with van der Waals surface area (Å²) in [5, 5.41) is 9.49. The van der Waals surface area contributed by atoms with Gasteiger partial charge < -0.3 is 16.8 Å². The number of aromatic nitrogens is 2. The highest BCUT2D eigenvalue weighted by Gasteiger charge is 2.31. The Bertz CT molecular complexity index is 516. The molecule has 2 rings (SSSR count). The van der Waals surface area contributed by atoms with Gasteiger partial charge in [-0.2, -0.15) is 5.10 Å². The van der Waals surface area contributed by atoms with E-state index in [1.165, 1.54) is 0 Å². The lowest BCUT2D eigenvalue weighted by atomic mass is 10.00. The number of nitrogens with zero attached hydrogens (tertiary/aromatic N) is 1. The molecule has 0 atom stereocenters. The van der Waals surface area contributed by atoms with Crippen molar-refractivity contribution in [1.82, 2.24) is 15.5 Å². The minimum atomic E-state index is -0.728. The Morgan fingerprint density at radius 2 is 2.11 bits per heavy atom. The Morgan fingerprint density at radius 3 is 2.63 bits per heavy atom. The van der Waals surface area contributed by atoms with E-state index in [0.29, 0.717) is 11.6 Å². The van der Waals surface area contributed by atoms with E-state index in [2.05, 4.69) is 15.5 Å². The zero-order valence-corrected chi connectivity index (χ0v) is 11.1. The average molecular weight is 265 g/mol. The molecule has 7 nitrogen and oxygen atoms in total. The third kappa shape index (κ3) is 3.04. The molecule has 0 aromatic carbocycles. The number of carbonyl (C=O) groups is 2. The standard InChI is InChI=1S/C12H19N5O2/c1-12(2,5-7(13)18)15-11(19)10-8(14)9(16-17-10)6-3-4-6/h6H,3-5,14H2,1-2H3,(H2,13,18)(H,15,19)(H,16,17). The number of nitrogens with one attached hydrogen (secondary N) is 2. The van der Waals surface area contributed by atoms with Crippen LogP contribution in [0.1, 0.15) is 55.2 Å². The van der Waals surface area contributed by atoms with Crippen molar-refractivity contribution in [1.29, 1.82) is 0 Å². The number of hydrogen-bond acceptors (Lipinski definition) is 4. The molecule has 1 saturated carbocycles. The summed E-state index contributed by atoms with van der Waals surface area (Å²) in [6.45, 7) is 3.45. The van der Waals surface area contributed by atoms with E-state index in [1.807, 2.05) is 0 Å². The maximum Gasteiger partial charge on any atom is 0.274 e. The summed E-state index contributed by atoms with van der Waals surface area (Å²) in [4.78, 5) is 23.0. The zero-order chi connectivity index (χ0) is 14.2. The van der Waals surface area contributed by atoms with Gasteiger partial charge in [-0.3, -0.25) is 14.7 Å². The number of nitrogens with two attached hydrogens (primary N) is 2. The van der Waals surface area contributed by atoms with Crippen molar-refractivity contribution in [2.75, 3.05) is 5.73 Å². The summed E-state index contributed by atoms with van der Waals surface area (Å²) < 4.78 is 0. The van der Waals surface area contributed by atoms with Crippen LogP contribution in [0.15, 0.2) is 0 Å². The number of carbonyl (C=O) groups excluding carboxylic acids is 2. The van der Waals surface area contributed by atoms with Gasteiger partial charge in [0.15, 0.2) is 5.69 Å². The van der Waals surface area contributed by atoms with Crippen LogP contribution in [0.2, 0.25) is 0 Å². The molecule has 2 amide bonds. The number of H-pyrrole nitrogens is 1. The van der Waals surface area contributed by atoms with Crippen LogP contribution in [0.4, 0.5) is 5.69 Å². The second-order valence-electron chi connectivity index (χ2n) is 5.65. The number of anilines is 1. The van der Waals surface area contributed by atoms with E-state index in [0.717, 1.165) is 18.5 Å². The first-order valence-electron chi connectivity index (χ1n) is 6.25. The van der Waals surface area contributed by atoms with Crippen molar-refractivity contribution >= 4 is 17.5 Å². The van der Waals surface area contributed by atoms with E-state index in [9.17, 15) is 9.59 Å². The normalized spacial score (nSPS) is 15.3. The Hall–Kier alpha value is -2.05. The Morgan fingerprint density at radius 1 is 1.47 bits per heavy atom. The Labute approximate surface area is 111 Å². The summed E-state index contributed by atoms with van der Waals surface area (Å²) in [7, 11) is 0. The second-order valence-corrected chi connectivity index (χ2v) is 5.65. The van der Waals surface area contributed by atoms with Crippen molar-refractivity contribution < 1.29 is 9.59 Å². The molecule has 1 aliphatic rings. The van der Waals surface area contributed by atoms with Gasteiger partial charge in [-0.25, -0.2) is 0 Å². The number of rotatable bonds is 5. The monoisotopic (exact) mass is 265 g/mol. The first-order chi connectivity index (χ1) is 8.80. The Balaban J connectivity index is 2.09. The highest BCUT2D eigenvalue weighted by molar-refractivity contribution is 5.98. The van der Waals surface area contributed by atoms with Crippen molar-refractivity contribution in [3.05, 3.63) is 11.4 Å². The fraction of sp³-hybridized carbons (Fsp3) is 0.583. The van der Waals surface area contributed by atoms with E-state index in [-0.39, 0.29) is 12.1 Å². The number of amides is 2. The van der Waals surface area contributed by atoms with Gasteiger partial charge >= 0.3 is 0 Å². The molecular formula is C12H19N5O2. The van der Waals surface area contributed by atoms with Crippen molar-refractivity contribution in [3.63, 3.8) is 0 Å². The molecule has 0 bridgehead atoms. The number of nitrogen functional groups attached to an aromatic ring is 1. The van der Waals surface area contributed by atoms with Crippen LogP contribution in [-0.2, 0) is 4.79 Å². The SMILES string of the molecule is CC(C)(CC(N)=O)NC(=O)c1n[nH]c(C2CC2)c1N. The smallest absolute Gasteiger partial charge is 0.274 e. The Kier molecular flexibility index (Phi) is 3.21. The van der Waals surface area contributed by atoms with Gasteiger partial charge in [0.25, 0.3) is 5.91 Å². The first-order valence-corrected chi connectivity index (χ1v) is 6.25. The predicted molar refractivity (Wildman–Crippen MR) is 70.3 cm³/mol. The number of aromatic amines is 1. The maximum atomic E-state index is 12.1. The van der Waals surface area contributed by atoms with Gasteiger partial charge in [-0.15, -0.1) is 0 Å². The minimum Gasteiger partial charge on any atom is -0.395 e. The third-order valence-electron chi connectivity index (χ3n) is 3.10. The lowest BCUT2D eigenvalue weighted by Gasteiger charge is -2.24. The first kappa shape index (κ1) is 13.4. The fourth-order valence-electron chi connectivity index (χ4n) is 2.07. The molecule has 0 spiro atoms. The molecule has 0 radical (unpaired) electrons. The summed E-state index contributed by atoms with van der Waals surface area (Å²) in [5.74, 6) is -0.474.